The lowest BCUT2D eigenvalue weighted by Gasteiger charge is -2.58. The summed E-state index contributed by atoms with van der Waals surface area (Å²) in [6, 6.07) is 0. The minimum Gasteiger partial charge on any atom is -0.481 e. The number of carboxylic acids is 1. The molecule has 2 fully saturated rings. The molecule has 2 saturated carbocycles. The maximum absolute atomic E-state index is 11.0. The molecule has 0 heterocycles. The van der Waals surface area contributed by atoms with Gasteiger partial charge in [0, 0.05) is 6.42 Å². The third kappa shape index (κ3) is 3.19. The van der Waals surface area contributed by atoms with Crippen LogP contribution in [0.15, 0.2) is 12.2 Å². The van der Waals surface area contributed by atoms with Gasteiger partial charge in [0.1, 0.15) is 0 Å². The molecule has 0 saturated heterocycles. The Bertz CT molecular complexity index is 423. The second kappa shape index (κ2) is 5.78. The molecule has 21 heavy (non-hydrogen) atoms. The molecule has 0 amide bonds. The van der Waals surface area contributed by atoms with E-state index in [4.69, 9.17) is 5.11 Å². The van der Waals surface area contributed by atoms with Crippen LogP contribution in [0, 0.1) is 28.6 Å². The molecular formula is C19H32O2. The Labute approximate surface area is 130 Å². The summed E-state index contributed by atoms with van der Waals surface area (Å²) >= 11 is 0. The first-order chi connectivity index (χ1) is 9.67. The minimum atomic E-state index is -0.672. The molecule has 0 aliphatic heterocycles. The zero-order valence-electron chi connectivity index (χ0n) is 14.2. The summed E-state index contributed by atoms with van der Waals surface area (Å²) in [6.07, 6.45) is 7.60. The highest BCUT2D eigenvalue weighted by Crippen LogP contribution is 2.61. The normalized spacial score (nSPS) is 36.9. The molecular weight excluding hydrogens is 260 g/mol. The highest BCUT2D eigenvalue weighted by molar-refractivity contribution is 5.66. The van der Waals surface area contributed by atoms with E-state index in [2.05, 4.69) is 34.3 Å². The SMILES string of the molecule is C=C1CCC2C(C)(C)CCCC2(C)C1CC(C)CC(=O)O. The second-order valence-corrected chi connectivity index (χ2v) is 8.59. The van der Waals surface area contributed by atoms with E-state index < -0.39 is 5.97 Å². The molecule has 0 radical (unpaired) electrons. The molecule has 2 nitrogen and oxygen atoms in total. The maximum Gasteiger partial charge on any atom is 0.303 e. The van der Waals surface area contributed by atoms with Crippen LogP contribution in [0.2, 0.25) is 0 Å². The van der Waals surface area contributed by atoms with Crippen LogP contribution in [0.1, 0.15) is 72.6 Å². The molecule has 2 rings (SSSR count). The van der Waals surface area contributed by atoms with Crippen molar-refractivity contribution in [1.29, 1.82) is 0 Å². The van der Waals surface area contributed by atoms with Gasteiger partial charge in [-0.25, -0.2) is 0 Å². The maximum atomic E-state index is 11.0. The van der Waals surface area contributed by atoms with Crippen LogP contribution in [0.5, 0.6) is 0 Å². The van der Waals surface area contributed by atoms with E-state index in [0.717, 1.165) is 18.8 Å². The fourth-order valence-corrected chi connectivity index (χ4v) is 5.49. The lowest BCUT2D eigenvalue weighted by atomic mass is 9.47. The third-order valence-corrected chi connectivity index (χ3v) is 6.48. The predicted molar refractivity (Wildman–Crippen MR) is 87.1 cm³/mol. The molecule has 2 aliphatic rings. The average Bonchev–Trinajstić information content (AvgIpc) is 2.32. The summed E-state index contributed by atoms with van der Waals surface area (Å²) in [6.45, 7) is 13.8. The molecule has 0 aromatic rings. The number of allylic oxidation sites excluding steroid dienone is 1. The molecule has 1 N–H and O–H groups in total. The lowest BCUT2D eigenvalue weighted by molar-refractivity contribution is -0.138. The first kappa shape index (κ1) is 16.6. The lowest BCUT2D eigenvalue weighted by Crippen LogP contribution is -2.49. The number of carboxylic acid groups (broad SMARTS) is 1. The van der Waals surface area contributed by atoms with E-state index in [1.54, 1.807) is 0 Å². The quantitative estimate of drug-likeness (QED) is 0.715. The van der Waals surface area contributed by atoms with E-state index >= 15 is 0 Å². The fourth-order valence-electron chi connectivity index (χ4n) is 5.49. The highest BCUT2D eigenvalue weighted by Gasteiger charge is 2.52. The van der Waals surface area contributed by atoms with Gasteiger partial charge in [-0.05, 0) is 60.7 Å². The van der Waals surface area contributed by atoms with Crippen molar-refractivity contribution in [2.45, 2.75) is 72.6 Å². The topological polar surface area (TPSA) is 37.3 Å². The van der Waals surface area contributed by atoms with Crippen LogP contribution in [-0.4, -0.2) is 11.1 Å². The van der Waals surface area contributed by atoms with Crippen molar-refractivity contribution in [3.8, 4) is 0 Å². The second-order valence-electron chi connectivity index (χ2n) is 8.59. The van der Waals surface area contributed by atoms with Gasteiger partial charge in [0.15, 0.2) is 0 Å². The van der Waals surface area contributed by atoms with Gasteiger partial charge in [-0.15, -0.1) is 0 Å². The predicted octanol–water partition coefficient (Wildman–Crippen LogP) is 5.29. The van der Waals surface area contributed by atoms with Crippen LogP contribution in [-0.2, 0) is 4.79 Å². The van der Waals surface area contributed by atoms with Crippen molar-refractivity contribution >= 4 is 5.97 Å². The van der Waals surface area contributed by atoms with Gasteiger partial charge in [0.05, 0.1) is 0 Å². The van der Waals surface area contributed by atoms with Crippen LogP contribution < -0.4 is 0 Å². The molecule has 4 atom stereocenters. The summed E-state index contributed by atoms with van der Waals surface area (Å²) in [5.74, 6) is 0.830. The Balaban J connectivity index is 2.21. The molecule has 120 valence electrons. The van der Waals surface area contributed by atoms with Gasteiger partial charge in [-0.2, -0.15) is 0 Å². The summed E-state index contributed by atoms with van der Waals surface area (Å²) in [5.41, 5.74) is 2.12. The summed E-state index contributed by atoms with van der Waals surface area (Å²) in [7, 11) is 0. The van der Waals surface area contributed by atoms with Gasteiger partial charge < -0.3 is 5.11 Å². The largest absolute Gasteiger partial charge is 0.481 e. The van der Waals surface area contributed by atoms with Crippen molar-refractivity contribution in [3.05, 3.63) is 12.2 Å². The highest BCUT2D eigenvalue weighted by atomic mass is 16.4. The van der Waals surface area contributed by atoms with Crippen molar-refractivity contribution in [1.82, 2.24) is 0 Å². The van der Waals surface area contributed by atoms with Crippen LogP contribution >= 0.6 is 0 Å². The smallest absolute Gasteiger partial charge is 0.303 e. The zero-order chi connectivity index (χ0) is 15.8. The number of hydrogen-bond donors (Lipinski definition) is 1. The summed E-state index contributed by atoms with van der Waals surface area (Å²) < 4.78 is 0. The Morgan fingerprint density at radius 3 is 2.67 bits per heavy atom. The first-order valence-electron chi connectivity index (χ1n) is 8.56. The monoisotopic (exact) mass is 292 g/mol. The minimum absolute atomic E-state index is 0.241. The molecule has 4 unspecified atom stereocenters. The van der Waals surface area contributed by atoms with Gasteiger partial charge >= 0.3 is 5.97 Å². The standard InChI is InChI=1S/C19H32O2/c1-13(12-17(20)21)11-15-14(2)7-8-16-18(3,4)9-6-10-19(15,16)5/h13,15-16H,2,6-12H2,1,3-5H3,(H,20,21). The molecule has 0 aromatic heterocycles. The number of carbonyl (C=O) groups is 1. The van der Waals surface area contributed by atoms with Crippen molar-refractivity contribution in [2.24, 2.45) is 28.6 Å². The molecule has 2 heteroatoms. The van der Waals surface area contributed by atoms with E-state index in [-0.39, 0.29) is 12.3 Å². The van der Waals surface area contributed by atoms with Crippen LogP contribution in [0.4, 0.5) is 0 Å². The van der Waals surface area contributed by atoms with Gasteiger partial charge in [0.2, 0.25) is 0 Å². The third-order valence-electron chi connectivity index (χ3n) is 6.48. The molecule has 0 spiro atoms. The number of aliphatic carboxylic acids is 1. The fraction of sp³-hybridized carbons (Fsp3) is 0.842. The van der Waals surface area contributed by atoms with E-state index in [9.17, 15) is 4.79 Å². The van der Waals surface area contributed by atoms with Gasteiger partial charge in [-0.3, -0.25) is 4.79 Å². The molecule has 0 bridgehead atoms. The van der Waals surface area contributed by atoms with Crippen molar-refractivity contribution < 1.29 is 9.90 Å². The van der Waals surface area contributed by atoms with Crippen LogP contribution in [0.3, 0.4) is 0 Å². The zero-order valence-corrected chi connectivity index (χ0v) is 14.2. The van der Waals surface area contributed by atoms with Crippen molar-refractivity contribution in [2.75, 3.05) is 0 Å². The average molecular weight is 292 g/mol. The van der Waals surface area contributed by atoms with Gasteiger partial charge in [-0.1, -0.05) is 46.3 Å². The van der Waals surface area contributed by atoms with Crippen molar-refractivity contribution in [3.63, 3.8) is 0 Å². The van der Waals surface area contributed by atoms with E-state index in [1.807, 2.05) is 0 Å². The Kier molecular flexibility index (Phi) is 4.56. The number of fused-ring (bicyclic) bond motifs is 1. The summed E-state index contributed by atoms with van der Waals surface area (Å²) in [5, 5.41) is 9.04. The Morgan fingerprint density at radius 1 is 1.38 bits per heavy atom. The number of hydrogen-bond acceptors (Lipinski definition) is 1. The first-order valence-corrected chi connectivity index (χ1v) is 8.56. The molecule has 0 aromatic carbocycles. The molecule has 2 aliphatic carbocycles. The van der Waals surface area contributed by atoms with E-state index in [1.165, 1.54) is 31.3 Å². The Morgan fingerprint density at radius 2 is 2.05 bits per heavy atom. The van der Waals surface area contributed by atoms with Gasteiger partial charge in [0.25, 0.3) is 0 Å². The van der Waals surface area contributed by atoms with E-state index in [0.29, 0.717) is 16.7 Å². The Hall–Kier alpha value is -0.790. The van der Waals surface area contributed by atoms with Crippen LogP contribution in [0.25, 0.3) is 0 Å². The number of rotatable bonds is 4. The summed E-state index contributed by atoms with van der Waals surface area (Å²) in [4.78, 5) is 11.0.